The number of rotatable bonds is 9. The van der Waals surface area contributed by atoms with E-state index in [1.54, 1.807) is 27.7 Å². The van der Waals surface area contributed by atoms with Gasteiger partial charge in [0.25, 0.3) is 0 Å². The number of alkyl halides is 3. The second-order valence-corrected chi connectivity index (χ2v) is 27.0. The van der Waals surface area contributed by atoms with Gasteiger partial charge in [-0.25, -0.2) is 0 Å². The van der Waals surface area contributed by atoms with Gasteiger partial charge >= 0.3 is 6.18 Å². The fourth-order valence-corrected chi connectivity index (χ4v) is 13.9. The number of halogens is 4. The van der Waals surface area contributed by atoms with Crippen molar-refractivity contribution < 1.29 is 65.9 Å². The van der Waals surface area contributed by atoms with Gasteiger partial charge in [0, 0.05) is 61.3 Å². The smallest absolute Gasteiger partial charge is 0.351 e. The van der Waals surface area contributed by atoms with Gasteiger partial charge in [0.1, 0.15) is 41.8 Å². The Morgan fingerprint density at radius 3 is 1.88 bits per heavy atom. The number of hydrogen-bond donors (Lipinski definition) is 4. The van der Waals surface area contributed by atoms with Crippen LogP contribution in [0, 0.1) is 23.7 Å². The van der Waals surface area contributed by atoms with Crippen molar-refractivity contribution in [3.63, 3.8) is 0 Å². The van der Waals surface area contributed by atoms with E-state index in [-0.39, 0.29) is 63.3 Å². The number of carbonyl (C=O) groups is 11. The van der Waals surface area contributed by atoms with E-state index in [0.29, 0.717) is 44.1 Å². The predicted molar refractivity (Wildman–Crippen MR) is 330 cm³/mol. The van der Waals surface area contributed by atoms with E-state index >= 15 is 0 Å². The van der Waals surface area contributed by atoms with Crippen molar-refractivity contribution in [3.05, 3.63) is 34.3 Å². The number of benzene rings is 1. The number of fused-ring (bicyclic) bond motifs is 1. The molecule has 3 aliphatic carbocycles. The molecule has 0 unspecified atom stereocenters. The van der Waals surface area contributed by atoms with E-state index in [0.717, 1.165) is 60.5 Å². The number of nitrogens with one attached hydrogen (secondary N) is 4. The summed E-state index contributed by atoms with van der Waals surface area (Å²) in [5.74, 6) is -7.76. The Kier molecular flexibility index (Phi) is 25.5. The van der Waals surface area contributed by atoms with Crippen LogP contribution in [0.15, 0.2) is 18.2 Å². The molecule has 0 bridgehead atoms. The predicted octanol–water partition coefficient (Wildman–Crippen LogP) is 4.92. The Labute approximate surface area is 533 Å². The maximum atomic E-state index is 15.0. The monoisotopic (exact) mass is 1290 g/mol. The molecule has 2 saturated heterocycles. The second kappa shape index (κ2) is 31.7. The summed E-state index contributed by atoms with van der Waals surface area (Å²) in [5, 5.41) is 11.0. The van der Waals surface area contributed by atoms with Crippen molar-refractivity contribution in [2.75, 3.05) is 68.5 Å². The lowest BCUT2D eigenvalue weighted by atomic mass is 9.78. The number of amides is 11. The molecule has 5 aliphatic rings. The van der Waals surface area contributed by atoms with Crippen LogP contribution in [0.25, 0.3) is 0 Å². The first-order valence-corrected chi connectivity index (χ1v) is 32.6. The third-order valence-corrected chi connectivity index (χ3v) is 19.8. The van der Waals surface area contributed by atoms with Gasteiger partial charge in [-0.05, 0) is 106 Å². The molecule has 1 aromatic rings. The zero-order chi connectivity index (χ0) is 66.7. The van der Waals surface area contributed by atoms with E-state index in [2.05, 4.69) is 21.3 Å². The highest BCUT2D eigenvalue weighted by molar-refractivity contribution is 6.31. The van der Waals surface area contributed by atoms with Crippen LogP contribution in [0.5, 0.6) is 0 Å². The average Bonchev–Trinajstić information content (AvgIpc) is 1.86. The number of likely N-dealkylation sites (N-methyl/N-ethyl adjacent to an activating group) is 6. The summed E-state index contributed by atoms with van der Waals surface area (Å²) in [6.07, 6.45) is 4.05. The van der Waals surface area contributed by atoms with Crippen LogP contribution in [0.1, 0.15) is 161 Å². The van der Waals surface area contributed by atoms with Crippen LogP contribution >= 0.6 is 11.6 Å². The highest BCUT2D eigenvalue weighted by Gasteiger charge is 2.50. The van der Waals surface area contributed by atoms with Crippen LogP contribution in [0.3, 0.4) is 0 Å². The molecule has 3 saturated carbocycles. The molecule has 5 fully saturated rings. The topological polar surface area (TPSA) is 259 Å². The fourth-order valence-electron chi connectivity index (χ4n) is 13.6. The van der Waals surface area contributed by atoms with E-state index < -0.39 is 161 Å². The third-order valence-electron chi connectivity index (χ3n) is 19.5. The first-order chi connectivity index (χ1) is 42.3. The standard InChI is InChI=1S/C64H97ClF3N11O11/c1-12-39(4)53-61(89)75(8)36-51(82)73(6)37-52(83)76(9)48(34-41-20-14-13-15-21-41)60(88)74(7)35-49(80)70-46(28-26-42-25-27-44(45(65)33-42)64(66,67)68)59(87)79-31-19-24-47(79)56(84)72-63(29-16-17-30-63)62(90)78(11)54(38(2)3)57(85)69-40(5)32-50(81)77(10)55(58(86)71-53)43-22-18-23-43/h25,27,33,38-41,43,46-48,53-55H,12-24,26,28-32,34-37H2,1-11H3,(H,69,85)(H,70,80)(H,71,86)(H,72,84)/t39-,40+,46-,47-,48-,53-,54-,55-/m0/s1. The van der Waals surface area contributed by atoms with Crippen LogP contribution in [0.2, 0.25) is 5.02 Å². The Morgan fingerprint density at radius 1 is 0.656 bits per heavy atom. The lowest BCUT2D eigenvalue weighted by Crippen LogP contribution is -2.64. The Hall–Kier alpha value is -6.53. The highest BCUT2D eigenvalue weighted by atomic mass is 35.5. The minimum absolute atomic E-state index is 0.0370. The number of aryl methyl sites for hydroxylation is 1. The molecule has 0 aromatic heterocycles. The Balaban J connectivity index is 1.35. The maximum absolute atomic E-state index is 15.0. The van der Waals surface area contributed by atoms with Gasteiger partial charge in [0.15, 0.2) is 0 Å². The van der Waals surface area contributed by atoms with Crippen LogP contribution in [-0.2, 0) is 65.3 Å². The molecule has 1 spiro atoms. The molecule has 502 valence electrons. The van der Waals surface area contributed by atoms with Crippen LogP contribution < -0.4 is 21.3 Å². The quantitative estimate of drug-likeness (QED) is 0.258. The second-order valence-electron chi connectivity index (χ2n) is 26.6. The molecule has 8 atom stereocenters. The summed E-state index contributed by atoms with van der Waals surface area (Å²) >= 11 is 6.11. The Bertz CT molecular complexity index is 2790. The molecule has 1 aromatic carbocycles. The molecule has 6 rings (SSSR count). The first kappa shape index (κ1) is 72.5. The van der Waals surface area contributed by atoms with E-state index in [1.807, 2.05) is 6.92 Å². The van der Waals surface area contributed by atoms with E-state index in [9.17, 15) is 65.9 Å². The summed E-state index contributed by atoms with van der Waals surface area (Å²) in [4.78, 5) is 168. The SMILES string of the molecule is CC[C@H](C)[C@@H]1NC(=O)[C@H](C2CCC2)N(C)C(=O)C[C@@H](C)NC(=O)[C@H](C(C)C)N(C)C(=O)C2(CCCC2)NC(=O)[C@@H]2CCCN2C(=O)[C@H](CCc2ccc(C(F)(F)F)c(Cl)c2)NC(=O)CN(C)C(=O)[C@H](CC2CCCCC2)N(C)C(=O)CN(C)C(=O)CN(C)C1=O. The van der Waals surface area contributed by atoms with Crippen molar-refractivity contribution >= 4 is 76.6 Å². The van der Waals surface area contributed by atoms with E-state index in [4.69, 9.17) is 11.6 Å². The average molecular weight is 1290 g/mol. The lowest BCUT2D eigenvalue weighted by molar-refractivity contribution is -0.149. The minimum atomic E-state index is -4.74. The highest BCUT2D eigenvalue weighted by Crippen LogP contribution is 2.37. The molecule has 26 heteroatoms. The van der Waals surface area contributed by atoms with Crippen molar-refractivity contribution in [3.8, 4) is 0 Å². The van der Waals surface area contributed by atoms with Crippen molar-refractivity contribution in [2.24, 2.45) is 23.7 Å². The molecule has 2 aliphatic heterocycles. The van der Waals surface area contributed by atoms with Crippen LogP contribution in [0.4, 0.5) is 13.2 Å². The molecule has 0 radical (unpaired) electrons. The molecular formula is C64H97ClF3N11O11. The molecule has 4 N–H and O–H groups in total. The van der Waals surface area contributed by atoms with Gasteiger partial charge in [0.05, 0.1) is 30.2 Å². The summed E-state index contributed by atoms with van der Waals surface area (Å²) in [6, 6.07) is -4.45. The number of nitrogens with zero attached hydrogens (tertiary/aromatic N) is 7. The third kappa shape index (κ3) is 17.9. The molecule has 2 heterocycles. The van der Waals surface area contributed by atoms with Crippen molar-refractivity contribution in [1.82, 2.24) is 55.6 Å². The van der Waals surface area contributed by atoms with Crippen molar-refractivity contribution in [2.45, 2.75) is 211 Å². The van der Waals surface area contributed by atoms with Gasteiger partial charge < -0.3 is 55.6 Å². The normalized spacial score (nSPS) is 27.2. The van der Waals surface area contributed by atoms with Gasteiger partial charge in [-0.15, -0.1) is 0 Å². The largest absolute Gasteiger partial charge is 0.417 e. The summed E-state index contributed by atoms with van der Waals surface area (Å²) in [6.45, 7) is 7.27. The first-order valence-electron chi connectivity index (χ1n) is 32.2. The van der Waals surface area contributed by atoms with Gasteiger partial charge in [-0.1, -0.05) is 103 Å². The Morgan fingerprint density at radius 2 is 1.29 bits per heavy atom. The fraction of sp³-hybridized carbons (Fsp3) is 0.734. The summed E-state index contributed by atoms with van der Waals surface area (Å²) < 4.78 is 41.3. The zero-order valence-corrected chi connectivity index (χ0v) is 55.2. The molecule has 90 heavy (non-hydrogen) atoms. The van der Waals surface area contributed by atoms with Crippen LogP contribution in [-0.4, -0.2) is 216 Å². The van der Waals surface area contributed by atoms with Gasteiger partial charge in [0.2, 0.25) is 65.0 Å². The maximum Gasteiger partial charge on any atom is 0.417 e. The summed E-state index contributed by atoms with van der Waals surface area (Å²) in [5.41, 5.74) is -2.24. The minimum Gasteiger partial charge on any atom is -0.351 e. The number of hydrogen-bond acceptors (Lipinski definition) is 11. The zero-order valence-electron chi connectivity index (χ0n) is 54.5. The van der Waals surface area contributed by atoms with E-state index in [1.165, 1.54) is 72.9 Å². The summed E-state index contributed by atoms with van der Waals surface area (Å²) in [7, 11) is 8.62. The van der Waals surface area contributed by atoms with Gasteiger partial charge in [-0.3, -0.25) is 52.7 Å². The number of carbonyl (C=O) groups excluding carboxylic acids is 11. The van der Waals surface area contributed by atoms with Gasteiger partial charge in [-0.2, -0.15) is 13.2 Å². The van der Waals surface area contributed by atoms with Crippen molar-refractivity contribution in [1.29, 1.82) is 0 Å². The molecule has 22 nitrogen and oxygen atoms in total. The molecule has 11 amide bonds. The lowest BCUT2D eigenvalue weighted by Gasteiger charge is -2.40. The molecular weight excluding hydrogens is 1190 g/mol.